The van der Waals surface area contributed by atoms with Crippen molar-refractivity contribution in [2.45, 2.75) is 40.2 Å². The Hall–Kier alpha value is -2.94. The van der Waals surface area contributed by atoms with Crippen molar-refractivity contribution >= 4 is 39.3 Å². The van der Waals surface area contributed by atoms with E-state index in [0.717, 1.165) is 22.0 Å². The zero-order valence-corrected chi connectivity index (χ0v) is 18.1. The first-order valence-electron chi connectivity index (χ1n) is 9.19. The lowest BCUT2D eigenvalue weighted by Gasteiger charge is -2.19. The number of ether oxygens (including phenoxy) is 2. The minimum atomic E-state index is -0.663. The van der Waals surface area contributed by atoms with E-state index >= 15 is 0 Å². The average Bonchev–Trinajstić information content (AvgIpc) is 3.16. The highest BCUT2D eigenvalue weighted by atomic mass is 32.1. The Bertz CT molecular complexity index is 1080. The number of aromatic nitrogens is 3. The van der Waals surface area contributed by atoms with Crippen molar-refractivity contribution < 1.29 is 19.1 Å². The zero-order valence-electron chi connectivity index (χ0n) is 17.3. The molecular formula is C20H24N4O4S. The second-order valence-corrected chi connectivity index (χ2v) is 8.58. The highest BCUT2D eigenvalue weighted by Gasteiger charge is 2.24. The van der Waals surface area contributed by atoms with Crippen LogP contribution in [-0.4, -0.2) is 39.0 Å². The molecule has 154 valence electrons. The van der Waals surface area contributed by atoms with Gasteiger partial charge in [-0.1, -0.05) is 11.3 Å². The number of hydrogen-bond donors (Lipinski definition) is 1. The predicted octanol–water partition coefficient (Wildman–Crippen LogP) is 4.53. The maximum atomic E-state index is 12.4. The van der Waals surface area contributed by atoms with E-state index in [-0.39, 0.29) is 17.3 Å². The zero-order chi connectivity index (χ0) is 21.3. The van der Waals surface area contributed by atoms with Crippen LogP contribution < -0.4 is 5.32 Å². The number of thiazole rings is 1. The van der Waals surface area contributed by atoms with Gasteiger partial charge in [0, 0.05) is 24.2 Å². The molecule has 2 aromatic heterocycles. The second-order valence-electron chi connectivity index (χ2n) is 7.58. The lowest BCUT2D eigenvalue weighted by atomic mass is 10.1. The van der Waals surface area contributed by atoms with Crippen molar-refractivity contribution in [2.75, 3.05) is 11.9 Å². The predicted molar refractivity (Wildman–Crippen MR) is 112 cm³/mol. The van der Waals surface area contributed by atoms with Crippen molar-refractivity contribution in [1.29, 1.82) is 0 Å². The quantitative estimate of drug-likeness (QED) is 0.628. The number of esters is 1. The Morgan fingerprint density at radius 3 is 2.66 bits per heavy atom. The summed E-state index contributed by atoms with van der Waals surface area (Å²) in [6, 6.07) is 3.92. The first-order valence-corrected chi connectivity index (χ1v) is 10.0. The number of benzene rings is 1. The molecule has 3 aromatic rings. The average molecular weight is 417 g/mol. The minimum Gasteiger partial charge on any atom is -0.461 e. The molecule has 0 aliphatic heterocycles. The molecule has 9 heteroatoms. The highest BCUT2D eigenvalue weighted by molar-refractivity contribution is 7.19. The number of anilines is 1. The number of fused-ring (bicyclic) bond motifs is 1. The van der Waals surface area contributed by atoms with E-state index in [2.05, 4.69) is 15.4 Å². The highest BCUT2D eigenvalue weighted by Crippen LogP contribution is 2.35. The molecule has 1 aromatic carbocycles. The third-order valence-electron chi connectivity index (χ3n) is 3.87. The van der Waals surface area contributed by atoms with Gasteiger partial charge in [0.25, 0.3) is 0 Å². The lowest BCUT2D eigenvalue weighted by molar-refractivity contribution is 0.0521. The maximum Gasteiger partial charge on any atom is 0.412 e. The summed E-state index contributed by atoms with van der Waals surface area (Å²) in [5, 5.41) is 8.93. The molecule has 0 aliphatic carbocycles. The van der Waals surface area contributed by atoms with Crippen LogP contribution in [0.2, 0.25) is 0 Å². The molecule has 0 radical (unpaired) electrons. The molecule has 0 saturated carbocycles. The van der Waals surface area contributed by atoms with E-state index in [1.807, 2.05) is 32.3 Å². The summed E-state index contributed by atoms with van der Waals surface area (Å²) >= 11 is 1.19. The number of carbonyl (C=O) groups excluding carboxylic acids is 2. The number of nitrogens with zero attached hydrogens (tertiary/aromatic N) is 3. The van der Waals surface area contributed by atoms with Crippen molar-refractivity contribution in [3.63, 3.8) is 0 Å². The fourth-order valence-corrected chi connectivity index (χ4v) is 3.74. The fraction of sp³-hybridized carbons (Fsp3) is 0.400. The summed E-state index contributed by atoms with van der Waals surface area (Å²) in [5.41, 5.74) is 2.13. The van der Waals surface area contributed by atoms with Crippen LogP contribution in [-0.2, 0) is 16.5 Å². The van der Waals surface area contributed by atoms with Gasteiger partial charge in [-0.05, 0) is 52.3 Å². The molecule has 0 saturated heterocycles. The molecule has 0 bridgehead atoms. The summed E-state index contributed by atoms with van der Waals surface area (Å²) in [6.07, 6.45) is 1.27. The van der Waals surface area contributed by atoms with E-state index in [1.165, 1.54) is 11.3 Å². The Morgan fingerprint density at radius 2 is 2.00 bits per heavy atom. The number of carbonyl (C=O) groups is 2. The minimum absolute atomic E-state index is 0.0571. The first kappa shape index (κ1) is 20.8. The smallest absolute Gasteiger partial charge is 0.412 e. The molecule has 0 unspecified atom stereocenters. The molecule has 29 heavy (non-hydrogen) atoms. The normalized spacial score (nSPS) is 11.5. The third kappa shape index (κ3) is 4.73. The van der Waals surface area contributed by atoms with Gasteiger partial charge in [0.15, 0.2) is 5.69 Å². The molecule has 8 nitrogen and oxygen atoms in total. The summed E-state index contributed by atoms with van der Waals surface area (Å²) in [5.74, 6) is -0.597. The van der Waals surface area contributed by atoms with Crippen LogP contribution in [0.5, 0.6) is 0 Å². The molecule has 0 fully saturated rings. The van der Waals surface area contributed by atoms with Crippen molar-refractivity contribution in [2.24, 2.45) is 7.05 Å². The van der Waals surface area contributed by atoms with Crippen LogP contribution in [0.3, 0.4) is 0 Å². The third-order valence-corrected chi connectivity index (χ3v) is 4.89. The van der Waals surface area contributed by atoms with E-state index in [1.54, 1.807) is 32.4 Å². The van der Waals surface area contributed by atoms with Crippen LogP contribution in [0, 0.1) is 6.92 Å². The van der Waals surface area contributed by atoms with Gasteiger partial charge in [0.1, 0.15) is 15.6 Å². The summed E-state index contributed by atoms with van der Waals surface area (Å²) in [7, 11) is 1.87. The molecule has 0 spiro atoms. The summed E-state index contributed by atoms with van der Waals surface area (Å²) < 4.78 is 12.1. The van der Waals surface area contributed by atoms with Crippen molar-refractivity contribution in [3.05, 3.63) is 29.6 Å². The summed E-state index contributed by atoms with van der Waals surface area (Å²) in [6.45, 7) is 9.19. The van der Waals surface area contributed by atoms with Gasteiger partial charge in [-0.2, -0.15) is 5.10 Å². The topological polar surface area (TPSA) is 95.3 Å². The van der Waals surface area contributed by atoms with E-state index in [0.29, 0.717) is 5.01 Å². The largest absolute Gasteiger partial charge is 0.461 e. The van der Waals surface area contributed by atoms with Crippen molar-refractivity contribution in [3.8, 4) is 10.6 Å². The number of amides is 1. The molecule has 0 aliphatic rings. The molecule has 1 N–H and O–H groups in total. The van der Waals surface area contributed by atoms with Gasteiger partial charge in [-0.25, -0.2) is 14.6 Å². The Kier molecular flexibility index (Phi) is 5.61. The Balaban J connectivity index is 2.02. The first-order chi connectivity index (χ1) is 13.6. The Labute approximate surface area is 172 Å². The molecular weight excluding hydrogens is 392 g/mol. The SMILES string of the molecule is CCOC(=O)c1nc(-c2cc(C)c3nn(C)cc3c2)sc1NC(=O)OC(C)(C)C. The van der Waals surface area contributed by atoms with Crippen LogP contribution in [0.15, 0.2) is 18.3 Å². The number of nitrogens with one attached hydrogen (secondary N) is 1. The van der Waals surface area contributed by atoms with Crippen molar-refractivity contribution in [1.82, 2.24) is 14.8 Å². The molecule has 0 atom stereocenters. The standard InChI is InChI=1S/C20H24N4O4S/c1-7-27-18(25)15-17(22-19(26)28-20(3,4)5)29-16(21-15)12-8-11(2)14-13(9-12)10-24(6)23-14/h8-10H,7H2,1-6H3,(H,22,26). The molecule has 2 heterocycles. The monoisotopic (exact) mass is 416 g/mol. The van der Waals surface area contributed by atoms with Crippen LogP contribution in [0.25, 0.3) is 21.5 Å². The van der Waals surface area contributed by atoms with E-state index in [4.69, 9.17) is 9.47 Å². The lowest BCUT2D eigenvalue weighted by Crippen LogP contribution is -2.27. The maximum absolute atomic E-state index is 12.4. The van der Waals surface area contributed by atoms with Gasteiger partial charge < -0.3 is 9.47 Å². The van der Waals surface area contributed by atoms with Gasteiger partial charge in [-0.15, -0.1) is 0 Å². The van der Waals surface area contributed by atoms with Crippen LogP contribution in [0.1, 0.15) is 43.7 Å². The van der Waals surface area contributed by atoms with E-state index < -0.39 is 17.7 Å². The van der Waals surface area contributed by atoms with E-state index in [9.17, 15) is 9.59 Å². The number of aryl methyl sites for hydroxylation is 2. The van der Waals surface area contributed by atoms with Gasteiger partial charge in [0.05, 0.1) is 12.1 Å². The second kappa shape index (κ2) is 7.82. The van der Waals surface area contributed by atoms with Crippen LogP contribution >= 0.6 is 11.3 Å². The Morgan fingerprint density at radius 1 is 1.28 bits per heavy atom. The van der Waals surface area contributed by atoms with Gasteiger partial charge in [0.2, 0.25) is 0 Å². The van der Waals surface area contributed by atoms with Gasteiger partial charge >= 0.3 is 12.1 Å². The fourth-order valence-electron chi connectivity index (χ4n) is 2.82. The molecule has 1 amide bonds. The van der Waals surface area contributed by atoms with Crippen LogP contribution in [0.4, 0.5) is 9.80 Å². The number of hydrogen-bond acceptors (Lipinski definition) is 7. The van der Waals surface area contributed by atoms with Gasteiger partial charge in [-0.3, -0.25) is 10.00 Å². The summed E-state index contributed by atoms with van der Waals surface area (Å²) in [4.78, 5) is 29.0. The number of rotatable bonds is 4. The molecule has 3 rings (SSSR count).